The fourth-order valence-corrected chi connectivity index (χ4v) is 6.18. The van der Waals surface area contributed by atoms with Gasteiger partial charge in [0.2, 0.25) is 17.6 Å². The minimum Gasteiger partial charge on any atom is -0.489 e. The van der Waals surface area contributed by atoms with E-state index in [1.807, 2.05) is 48.5 Å². The van der Waals surface area contributed by atoms with Gasteiger partial charge in [0.1, 0.15) is 12.4 Å². The number of anilines is 1. The molecule has 2 amide bonds. The molecule has 1 heterocycles. The molecule has 4 aromatic rings. The van der Waals surface area contributed by atoms with Crippen LogP contribution in [-0.4, -0.2) is 29.7 Å². The van der Waals surface area contributed by atoms with Crippen molar-refractivity contribution < 1.29 is 28.7 Å². The van der Waals surface area contributed by atoms with Crippen molar-refractivity contribution in [3.8, 4) is 5.75 Å². The second-order valence-corrected chi connectivity index (χ2v) is 11.4. The van der Waals surface area contributed by atoms with Gasteiger partial charge in [0.05, 0.1) is 23.1 Å². The number of hydrogen-bond donors (Lipinski definition) is 0. The van der Waals surface area contributed by atoms with Crippen molar-refractivity contribution in [1.82, 2.24) is 0 Å². The number of ether oxygens (including phenoxy) is 2. The summed E-state index contributed by atoms with van der Waals surface area (Å²) in [6, 6.07) is 32.8. The number of ketones is 1. The summed E-state index contributed by atoms with van der Waals surface area (Å²) in [4.78, 5) is 53.7. The van der Waals surface area contributed by atoms with Gasteiger partial charge in [-0.15, -0.1) is 0 Å². The summed E-state index contributed by atoms with van der Waals surface area (Å²) < 4.78 is 11.2. The van der Waals surface area contributed by atoms with Crippen LogP contribution in [0.15, 0.2) is 109 Å². The quantitative estimate of drug-likeness (QED) is 0.122. The lowest BCUT2D eigenvalue weighted by atomic mass is 9.73. The fourth-order valence-electron chi connectivity index (χ4n) is 6.18. The van der Waals surface area contributed by atoms with Gasteiger partial charge in [-0.1, -0.05) is 60.7 Å². The Morgan fingerprint density at radius 1 is 0.750 bits per heavy atom. The molecule has 2 fully saturated rings. The molecule has 2 aliphatic rings. The zero-order valence-electron chi connectivity index (χ0n) is 24.4. The minimum atomic E-state index is -1.01. The molecule has 4 aromatic carbocycles. The van der Waals surface area contributed by atoms with Crippen molar-refractivity contribution in [3.05, 3.63) is 131 Å². The highest BCUT2D eigenvalue weighted by Gasteiger charge is 2.50. The summed E-state index contributed by atoms with van der Waals surface area (Å²) in [6.07, 6.45) is 1.17. The largest absolute Gasteiger partial charge is 0.489 e. The molecule has 0 N–H and O–H groups in total. The third-order valence-corrected chi connectivity index (χ3v) is 8.60. The van der Waals surface area contributed by atoms with Gasteiger partial charge < -0.3 is 9.47 Å². The molecule has 1 aliphatic carbocycles. The van der Waals surface area contributed by atoms with E-state index >= 15 is 0 Å². The number of nitrogens with zero attached hydrogens (tertiary/aromatic N) is 1. The number of imide groups is 1. The molecule has 6 rings (SSSR count). The number of amides is 2. The standard InChI is InChI=1S/C37H33NO6/c1-24(34(39)27-14-19-31(20-15-27)43-23-25-8-4-2-5-9-25)44-37(42)28-12-17-30(18-13-28)38-35(40)32-21-16-29(22-33(32)36(38)41)26-10-6-3-7-11-26/h2-15,17-20,24,29,32-33H,16,21-23H2,1H3/t24-,29+,32+,33+/m1/s1. The van der Waals surface area contributed by atoms with Gasteiger partial charge in [0.25, 0.3) is 0 Å². The van der Waals surface area contributed by atoms with Gasteiger partial charge in [0.15, 0.2) is 6.10 Å². The maximum absolute atomic E-state index is 13.4. The van der Waals surface area contributed by atoms with E-state index in [0.29, 0.717) is 36.4 Å². The first kappa shape index (κ1) is 29.1. The first-order chi connectivity index (χ1) is 21.4. The molecule has 1 saturated carbocycles. The lowest BCUT2D eigenvalue weighted by Gasteiger charge is -2.28. The lowest BCUT2D eigenvalue weighted by Crippen LogP contribution is -2.31. The van der Waals surface area contributed by atoms with Gasteiger partial charge >= 0.3 is 5.97 Å². The Bertz CT molecular complexity index is 1650. The summed E-state index contributed by atoms with van der Waals surface area (Å²) in [6.45, 7) is 1.94. The molecule has 1 aliphatic heterocycles. The number of carbonyl (C=O) groups is 4. The van der Waals surface area contributed by atoms with Crippen molar-refractivity contribution in [1.29, 1.82) is 0 Å². The molecular formula is C37H33NO6. The van der Waals surface area contributed by atoms with Crippen LogP contribution in [0.5, 0.6) is 5.75 Å². The summed E-state index contributed by atoms with van der Waals surface area (Å²) >= 11 is 0. The Kier molecular flexibility index (Phi) is 8.37. The Hall–Kier alpha value is -5.04. The second kappa shape index (κ2) is 12.7. The monoisotopic (exact) mass is 587 g/mol. The lowest BCUT2D eigenvalue weighted by molar-refractivity contribution is -0.122. The maximum atomic E-state index is 13.4. The molecule has 0 spiro atoms. The fraction of sp³-hybridized carbons (Fsp3) is 0.243. The average molecular weight is 588 g/mol. The summed E-state index contributed by atoms with van der Waals surface area (Å²) in [5, 5.41) is 0. The van der Waals surface area contributed by atoms with Crippen LogP contribution in [0.1, 0.15) is 63.9 Å². The van der Waals surface area contributed by atoms with E-state index in [1.54, 1.807) is 36.4 Å². The Morgan fingerprint density at radius 2 is 1.36 bits per heavy atom. The molecule has 7 nitrogen and oxygen atoms in total. The van der Waals surface area contributed by atoms with Crippen LogP contribution >= 0.6 is 0 Å². The Morgan fingerprint density at radius 3 is 2.05 bits per heavy atom. The van der Waals surface area contributed by atoms with Gasteiger partial charge in [0, 0.05) is 5.56 Å². The molecule has 222 valence electrons. The van der Waals surface area contributed by atoms with E-state index in [-0.39, 0.29) is 40.9 Å². The van der Waals surface area contributed by atoms with Crippen LogP contribution < -0.4 is 9.64 Å². The normalized spacial score (nSPS) is 20.1. The number of benzene rings is 4. The molecule has 7 heteroatoms. The SMILES string of the molecule is C[C@@H](OC(=O)c1ccc(N2C(=O)[C@H]3CC[C@H](c4ccccc4)C[C@@H]3C2=O)cc1)C(=O)c1ccc(OCc2ccccc2)cc1. The van der Waals surface area contributed by atoms with Gasteiger partial charge in [-0.2, -0.15) is 0 Å². The number of rotatable bonds is 9. The van der Waals surface area contributed by atoms with Crippen LogP contribution in [0, 0.1) is 11.8 Å². The molecule has 0 aromatic heterocycles. The van der Waals surface area contributed by atoms with E-state index in [0.717, 1.165) is 12.0 Å². The highest BCUT2D eigenvalue weighted by molar-refractivity contribution is 6.22. The van der Waals surface area contributed by atoms with Crippen molar-refractivity contribution >= 4 is 29.3 Å². The molecule has 1 saturated heterocycles. The number of hydrogen-bond acceptors (Lipinski definition) is 6. The maximum Gasteiger partial charge on any atom is 0.338 e. The summed E-state index contributed by atoms with van der Waals surface area (Å²) in [5.41, 5.74) is 3.29. The van der Waals surface area contributed by atoms with E-state index in [9.17, 15) is 19.2 Å². The zero-order valence-corrected chi connectivity index (χ0v) is 24.4. The van der Waals surface area contributed by atoms with Crippen LogP contribution in [0.4, 0.5) is 5.69 Å². The van der Waals surface area contributed by atoms with Crippen molar-refractivity contribution in [2.45, 2.75) is 44.8 Å². The number of Topliss-reactive ketones (excluding diaryl/α,β-unsaturated/α-hetero) is 1. The van der Waals surface area contributed by atoms with Crippen molar-refractivity contribution in [2.24, 2.45) is 11.8 Å². The first-order valence-electron chi connectivity index (χ1n) is 14.9. The third kappa shape index (κ3) is 6.04. The predicted octanol–water partition coefficient (Wildman–Crippen LogP) is 6.77. The van der Waals surface area contributed by atoms with E-state index < -0.39 is 12.1 Å². The smallest absolute Gasteiger partial charge is 0.338 e. The first-order valence-corrected chi connectivity index (χ1v) is 14.9. The highest BCUT2D eigenvalue weighted by Crippen LogP contribution is 2.45. The molecule has 4 atom stereocenters. The highest BCUT2D eigenvalue weighted by atomic mass is 16.5. The van der Waals surface area contributed by atoms with Gasteiger partial charge in [-0.3, -0.25) is 19.3 Å². The van der Waals surface area contributed by atoms with E-state index in [1.165, 1.54) is 29.5 Å². The second-order valence-electron chi connectivity index (χ2n) is 11.4. The van der Waals surface area contributed by atoms with E-state index in [4.69, 9.17) is 9.47 Å². The number of esters is 1. The average Bonchev–Trinajstić information content (AvgIpc) is 3.32. The molecule has 0 radical (unpaired) electrons. The zero-order chi connectivity index (χ0) is 30.6. The molecule has 44 heavy (non-hydrogen) atoms. The topological polar surface area (TPSA) is 90.0 Å². The summed E-state index contributed by atoms with van der Waals surface area (Å²) in [5.74, 6) is -1.16. The molecular weight excluding hydrogens is 554 g/mol. The van der Waals surface area contributed by atoms with Crippen molar-refractivity contribution in [3.63, 3.8) is 0 Å². The van der Waals surface area contributed by atoms with Gasteiger partial charge in [-0.05, 0) is 91.8 Å². The van der Waals surface area contributed by atoms with Crippen LogP contribution in [0.3, 0.4) is 0 Å². The predicted molar refractivity (Wildman–Crippen MR) is 165 cm³/mol. The molecule has 0 unspecified atom stereocenters. The third-order valence-electron chi connectivity index (χ3n) is 8.60. The minimum absolute atomic E-state index is 0.183. The van der Waals surface area contributed by atoms with Gasteiger partial charge in [-0.25, -0.2) is 4.79 Å². The van der Waals surface area contributed by atoms with E-state index in [2.05, 4.69) is 12.1 Å². The Labute approximate surface area is 256 Å². The molecule has 0 bridgehead atoms. The Balaban J connectivity index is 1.05. The van der Waals surface area contributed by atoms with Crippen LogP contribution in [-0.2, 0) is 20.9 Å². The summed E-state index contributed by atoms with van der Waals surface area (Å²) in [7, 11) is 0. The van der Waals surface area contributed by atoms with Crippen molar-refractivity contribution in [2.75, 3.05) is 4.90 Å². The van der Waals surface area contributed by atoms with Crippen LogP contribution in [0.2, 0.25) is 0 Å². The number of carbonyl (C=O) groups excluding carboxylic acids is 4. The van der Waals surface area contributed by atoms with Crippen LogP contribution in [0.25, 0.3) is 0 Å². The number of fused-ring (bicyclic) bond motifs is 1.